The molecule has 0 aliphatic carbocycles. The number of hydrogen-bond acceptors (Lipinski definition) is 5. The van der Waals surface area contributed by atoms with E-state index in [1.807, 2.05) is 0 Å². The summed E-state index contributed by atoms with van der Waals surface area (Å²) in [5, 5.41) is 10.1. The highest BCUT2D eigenvalue weighted by molar-refractivity contribution is 8.15. The lowest BCUT2D eigenvalue weighted by atomic mass is 10.1. The number of amides is 1. The number of aldehydes is 1. The van der Waals surface area contributed by atoms with Crippen molar-refractivity contribution in [3.63, 3.8) is 0 Å². The molecule has 11 heteroatoms. The highest BCUT2D eigenvalue weighted by Gasteiger charge is 2.37. The van der Waals surface area contributed by atoms with Crippen LogP contribution in [-0.2, 0) is 11.0 Å². The van der Waals surface area contributed by atoms with Gasteiger partial charge in [-0.05, 0) is 12.1 Å². The first-order valence-electron chi connectivity index (χ1n) is 5.36. The molecule has 1 radical (unpaired) electrons. The van der Waals surface area contributed by atoms with Crippen molar-refractivity contribution in [1.82, 2.24) is 5.43 Å². The van der Waals surface area contributed by atoms with Crippen LogP contribution in [0.25, 0.3) is 0 Å². The Morgan fingerprint density at radius 3 is 2.57 bits per heavy atom. The van der Waals surface area contributed by atoms with Crippen molar-refractivity contribution in [2.24, 2.45) is 0 Å². The molecule has 2 rings (SSSR count). The standard InChI is InChI=1S/C10H7F3N3O4S/c11-10(12,13)5-1-2-6(7(3-5)16(19)20)15-9(18)21-8(4-17)14-15/h1-4,8,14,21H. The third-order valence-electron chi connectivity index (χ3n) is 2.57. The van der Waals surface area contributed by atoms with Gasteiger partial charge in [-0.25, -0.2) is 10.4 Å². The molecular weight excluding hydrogens is 315 g/mol. The Morgan fingerprint density at radius 1 is 1.43 bits per heavy atom. The summed E-state index contributed by atoms with van der Waals surface area (Å²) in [6, 6.07) is 1.78. The van der Waals surface area contributed by atoms with E-state index in [0.29, 0.717) is 23.4 Å². The maximum Gasteiger partial charge on any atom is 0.416 e. The number of hydrogen-bond donors (Lipinski definition) is 2. The molecule has 0 saturated carbocycles. The number of nitrogens with one attached hydrogen (secondary N) is 1. The van der Waals surface area contributed by atoms with Gasteiger partial charge in [-0.3, -0.25) is 14.9 Å². The number of nitrogens with zero attached hydrogens (tertiary/aromatic N) is 2. The van der Waals surface area contributed by atoms with E-state index in [2.05, 4.69) is 5.43 Å². The zero-order valence-electron chi connectivity index (χ0n) is 10.00. The first-order chi connectivity index (χ1) is 9.74. The highest BCUT2D eigenvalue weighted by Crippen LogP contribution is 2.38. The van der Waals surface area contributed by atoms with E-state index >= 15 is 0 Å². The van der Waals surface area contributed by atoms with E-state index in [0.717, 1.165) is 6.07 Å². The predicted octanol–water partition coefficient (Wildman–Crippen LogP) is 2.05. The lowest BCUT2D eigenvalue weighted by molar-refractivity contribution is -0.384. The number of hydrazine groups is 1. The third kappa shape index (κ3) is 2.97. The molecule has 0 spiro atoms. The summed E-state index contributed by atoms with van der Waals surface area (Å²) in [6.07, 6.45) is -4.31. The van der Waals surface area contributed by atoms with Crippen LogP contribution in [0.3, 0.4) is 0 Å². The number of alkyl halides is 3. The van der Waals surface area contributed by atoms with E-state index in [4.69, 9.17) is 0 Å². The normalized spacial score (nSPS) is 18.9. The molecule has 7 nitrogen and oxygen atoms in total. The predicted molar refractivity (Wildman–Crippen MR) is 67.9 cm³/mol. The highest BCUT2D eigenvalue weighted by atomic mass is 32.2. The first-order valence-corrected chi connectivity index (χ1v) is 6.32. The van der Waals surface area contributed by atoms with Crippen LogP contribution in [0.5, 0.6) is 0 Å². The summed E-state index contributed by atoms with van der Waals surface area (Å²) < 4.78 is 37.7. The van der Waals surface area contributed by atoms with Crippen LogP contribution >= 0.6 is 11.8 Å². The minimum Gasteiger partial charge on any atom is -0.301 e. The third-order valence-corrected chi connectivity index (χ3v) is 3.51. The Kier molecular flexibility index (Phi) is 3.87. The van der Waals surface area contributed by atoms with Gasteiger partial charge in [-0.1, -0.05) is 0 Å². The second-order valence-electron chi connectivity index (χ2n) is 3.92. The SMILES string of the molecule is O=CC1NN(c2ccc(C(F)(F)F)cc2[N+](=O)[O-])C(=O)[SH]1. The second-order valence-corrected chi connectivity index (χ2v) is 5.11. The molecule has 1 amide bonds. The minimum absolute atomic E-state index is 0.0402. The van der Waals surface area contributed by atoms with Crippen molar-refractivity contribution < 1.29 is 27.7 Å². The molecule has 1 aromatic carbocycles. The van der Waals surface area contributed by atoms with E-state index in [-0.39, 0.29) is 17.4 Å². The van der Waals surface area contributed by atoms with Gasteiger partial charge in [0.1, 0.15) is 17.3 Å². The van der Waals surface area contributed by atoms with Gasteiger partial charge in [-0.15, -0.1) is 11.8 Å². The van der Waals surface area contributed by atoms with Gasteiger partial charge in [0.05, 0.1) is 10.5 Å². The van der Waals surface area contributed by atoms with Crippen LogP contribution in [0.15, 0.2) is 18.2 Å². The molecule has 1 unspecified atom stereocenters. The van der Waals surface area contributed by atoms with Gasteiger partial charge in [0.2, 0.25) is 0 Å². The zero-order chi connectivity index (χ0) is 15.8. The van der Waals surface area contributed by atoms with Crippen LogP contribution in [0.1, 0.15) is 5.56 Å². The molecule has 1 N–H and O–H groups in total. The average Bonchev–Trinajstić information content (AvgIpc) is 2.78. The average molecular weight is 322 g/mol. The number of carbonyl (C=O) groups is 2. The number of carbonyl (C=O) groups excluding carboxylic acids is 2. The molecule has 1 aliphatic heterocycles. The summed E-state index contributed by atoms with van der Waals surface area (Å²) in [5.74, 6) is 0. The number of benzene rings is 1. The summed E-state index contributed by atoms with van der Waals surface area (Å²) in [7, 11) is 0. The molecule has 1 atom stereocenters. The number of nitro benzene ring substituents is 1. The quantitative estimate of drug-likeness (QED) is 0.384. The maximum absolute atomic E-state index is 12.6. The largest absolute Gasteiger partial charge is 0.416 e. The van der Waals surface area contributed by atoms with Crippen LogP contribution in [0.4, 0.5) is 29.3 Å². The van der Waals surface area contributed by atoms with E-state index < -0.39 is 33.0 Å². The fourth-order valence-electron chi connectivity index (χ4n) is 1.66. The number of anilines is 1. The van der Waals surface area contributed by atoms with Crippen molar-refractivity contribution >= 4 is 34.7 Å². The molecule has 1 fully saturated rings. The molecular formula is C10H7F3N3O4S. The number of rotatable bonds is 3. The molecule has 0 aromatic heterocycles. The molecule has 1 heterocycles. The summed E-state index contributed by atoms with van der Waals surface area (Å²) in [5.41, 5.74) is -0.0561. The molecule has 1 aliphatic rings. The first kappa shape index (κ1) is 15.3. The van der Waals surface area contributed by atoms with Gasteiger partial charge < -0.3 is 4.79 Å². The van der Waals surface area contributed by atoms with Gasteiger partial charge in [0.25, 0.3) is 10.9 Å². The van der Waals surface area contributed by atoms with Crippen molar-refractivity contribution in [1.29, 1.82) is 0 Å². The Labute approximate surface area is 119 Å². The van der Waals surface area contributed by atoms with E-state index in [1.54, 1.807) is 0 Å². The number of thiol groups is 1. The Hall–Kier alpha value is -2.14. The number of nitro groups is 1. The van der Waals surface area contributed by atoms with Gasteiger partial charge >= 0.3 is 6.18 Å². The number of halogens is 3. The van der Waals surface area contributed by atoms with E-state index in [1.165, 1.54) is 0 Å². The molecule has 21 heavy (non-hydrogen) atoms. The van der Waals surface area contributed by atoms with Gasteiger partial charge in [-0.2, -0.15) is 13.2 Å². The fraction of sp³-hybridized carbons (Fsp3) is 0.200. The lowest BCUT2D eigenvalue weighted by Gasteiger charge is -2.16. The van der Waals surface area contributed by atoms with Gasteiger partial charge in [0, 0.05) is 6.07 Å². The Bertz CT molecular complexity index is 622. The summed E-state index contributed by atoms with van der Waals surface area (Å²) in [6.45, 7) is 0. The van der Waals surface area contributed by atoms with E-state index in [9.17, 15) is 32.9 Å². The van der Waals surface area contributed by atoms with Gasteiger partial charge in [0.15, 0.2) is 0 Å². The van der Waals surface area contributed by atoms with Crippen molar-refractivity contribution in [3.8, 4) is 0 Å². The van der Waals surface area contributed by atoms with Crippen LogP contribution in [0.2, 0.25) is 0 Å². The van der Waals surface area contributed by atoms with Crippen molar-refractivity contribution in [2.45, 2.75) is 11.6 Å². The Balaban J connectivity index is 2.47. The van der Waals surface area contributed by atoms with Crippen molar-refractivity contribution in [3.05, 3.63) is 33.9 Å². The van der Waals surface area contributed by atoms with Crippen LogP contribution < -0.4 is 10.4 Å². The van der Waals surface area contributed by atoms with Crippen molar-refractivity contribution in [2.75, 3.05) is 5.01 Å². The Morgan fingerprint density at radius 2 is 2.10 bits per heavy atom. The topological polar surface area (TPSA) is 92.6 Å². The molecule has 1 saturated heterocycles. The zero-order valence-corrected chi connectivity index (χ0v) is 10.9. The van der Waals surface area contributed by atoms with Crippen LogP contribution in [0, 0.1) is 10.1 Å². The fourth-order valence-corrected chi connectivity index (χ4v) is 2.41. The monoisotopic (exact) mass is 322 g/mol. The summed E-state index contributed by atoms with van der Waals surface area (Å²) in [4.78, 5) is 32.1. The smallest absolute Gasteiger partial charge is 0.301 e. The second kappa shape index (κ2) is 5.33. The summed E-state index contributed by atoms with van der Waals surface area (Å²) >= 11 is 0.0402. The molecule has 1 aromatic rings. The molecule has 0 bridgehead atoms. The molecule has 113 valence electrons. The minimum atomic E-state index is -4.74. The lowest BCUT2D eigenvalue weighted by Crippen LogP contribution is -2.38. The maximum atomic E-state index is 12.6. The van der Waals surface area contributed by atoms with Crippen LogP contribution in [-0.4, -0.2) is 21.8 Å².